The molecule has 1 fully saturated rings. The van der Waals surface area contributed by atoms with Gasteiger partial charge in [-0.05, 0) is 30.0 Å². The normalized spacial score (nSPS) is 18.8. The van der Waals surface area contributed by atoms with Crippen LogP contribution < -0.4 is 5.76 Å². The van der Waals surface area contributed by atoms with Gasteiger partial charge in [-0.15, -0.1) is 11.6 Å². The van der Waals surface area contributed by atoms with Gasteiger partial charge in [-0.2, -0.15) is 0 Å². The zero-order valence-electron chi connectivity index (χ0n) is 12.5. The Balaban J connectivity index is 1.77. The number of benzene rings is 1. The van der Waals surface area contributed by atoms with E-state index in [9.17, 15) is 4.79 Å². The van der Waals surface area contributed by atoms with Crippen LogP contribution in [0.15, 0.2) is 27.4 Å². The number of aryl methyl sites for hydroxylation is 1. The Morgan fingerprint density at radius 2 is 2.00 bits per heavy atom. The third kappa shape index (κ3) is 3.18. The number of fused-ring (bicyclic) bond motifs is 1. The number of alkyl halides is 1. The van der Waals surface area contributed by atoms with Crippen LogP contribution in [-0.4, -0.2) is 4.57 Å². The standard InChI is InChI=1S/C17H22ClNO2/c1-19-15-9-8-13(11-16(15)21-17(19)20)14(18)10-12-6-4-2-3-5-7-12/h8-9,11-12,14H,2-7,10H2,1H3. The fraction of sp³-hybridized carbons (Fsp3) is 0.588. The molecule has 1 heterocycles. The molecule has 1 aromatic heterocycles. The van der Waals surface area contributed by atoms with E-state index in [4.69, 9.17) is 16.0 Å². The number of oxazole rings is 1. The van der Waals surface area contributed by atoms with Crippen LogP contribution in [0.3, 0.4) is 0 Å². The van der Waals surface area contributed by atoms with Crippen LogP contribution in [0, 0.1) is 5.92 Å². The van der Waals surface area contributed by atoms with E-state index in [0.29, 0.717) is 5.58 Å². The molecule has 0 spiro atoms. The van der Waals surface area contributed by atoms with Crippen molar-refractivity contribution >= 4 is 22.7 Å². The largest absolute Gasteiger partial charge is 0.419 e. The van der Waals surface area contributed by atoms with Gasteiger partial charge in [0.2, 0.25) is 0 Å². The zero-order chi connectivity index (χ0) is 14.8. The molecule has 21 heavy (non-hydrogen) atoms. The highest BCUT2D eigenvalue weighted by Crippen LogP contribution is 2.35. The number of hydrogen-bond donors (Lipinski definition) is 0. The number of aromatic nitrogens is 1. The van der Waals surface area contributed by atoms with Crippen molar-refractivity contribution in [3.05, 3.63) is 34.3 Å². The Morgan fingerprint density at radius 3 is 2.71 bits per heavy atom. The van der Waals surface area contributed by atoms with Gasteiger partial charge in [0, 0.05) is 7.05 Å². The molecule has 0 bridgehead atoms. The van der Waals surface area contributed by atoms with Crippen molar-refractivity contribution < 1.29 is 4.42 Å². The molecule has 1 aromatic carbocycles. The van der Waals surface area contributed by atoms with Crippen molar-refractivity contribution in [3.63, 3.8) is 0 Å². The second-order valence-corrected chi connectivity index (χ2v) is 6.74. The van der Waals surface area contributed by atoms with Gasteiger partial charge in [0.15, 0.2) is 5.58 Å². The molecule has 3 nitrogen and oxygen atoms in total. The van der Waals surface area contributed by atoms with Crippen LogP contribution in [0.5, 0.6) is 0 Å². The maximum absolute atomic E-state index is 11.5. The highest BCUT2D eigenvalue weighted by molar-refractivity contribution is 6.20. The lowest BCUT2D eigenvalue weighted by Gasteiger charge is -2.18. The lowest BCUT2D eigenvalue weighted by Crippen LogP contribution is -2.08. The molecule has 1 atom stereocenters. The Bertz CT molecular complexity index is 665. The quantitative estimate of drug-likeness (QED) is 0.604. The number of rotatable bonds is 3. The smallest absolute Gasteiger partial charge is 0.408 e. The van der Waals surface area contributed by atoms with E-state index >= 15 is 0 Å². The van der Waals surface area contributed by atoms with Crippen molar-refractivity contribution in [1.29, 1.82) is 0 Å². The molecule has 1 saturated carbocycles. The Hall–Kier alpha value is -1.22. The maximum Gasteiger partial charge on any atom is 0.419 e. The van der Waals surface area contributed by atoms with Gasteiger partial charge < -0.3 is 4.42 Å². The second kappa shape index (κ2) is 6.27. The summed E-state index contributed by atoms with van der Waals surface area (Å²) in [5.74, 6) is 0.408. The van der Waals surface area contributed by atoms with E-state index in [1.54, 1.807) is 7.05 Å². The summed E-state index contributed by atoms with van der Waals surface area (Å²) in [6.07, 6.45) is 9.01. The van der Waals surface area contributed by atoms with Crippen LogP contribution in [0.2, 0.25) is 0 Å². The van der Waals surface area contributed by atoms with E-state index < -0.39 is 0 Å². The van der Waals surface area contributed by atoms with E-state index in [1.165, 1.54) is 43.1 Å². The Morgan fingerprint density at radius 1 is 1.29 bits per heavy atom. The van der Waals surface area contributed by atoms with Gasteiger partial charge in [-0.3, -0.25) is 4.57 Å². The van der Waals surface area contributed by atoms with Gasteiger partial charge in [-0.1, -0.05) is 44.6 Å². The molecular formula is C17H22ClNO2. The first-order valence-electron chi connectivity index (χ1n) is 7.88. The average Bonchev–Trinajstić information content (AvgIpc) is 2.67. The lowest BCUT2D eigenvalue weighted by atomic mass is 9.92. The highest BCUT2D eigenvalue weighted by atomic mass is 35.5. The van der Waals surface area contributed by atoms with Crippen molar-refractivity contribution in [1.82, 2.24) is 4.57 Å². The van der Waals surface area contributed by atoms with E-state index in [1.807, 2.05) is 18.2 Å². The summed E-state index contributed by atoms with van der Waals surface area (Å²) in [4.78, 5) is 11.5. The minimum absolute atomic E-state index is 0.00279. The van der Waals surface area contributed by atoms with Gasteiger partial charge in [0.1, 0.15) is 0 Å². The van der Waals surface area contributed by atoms with Crippen molar-refractivity contribution in [2.75, 3.05) is 0 Å². The summed E-state index contributed by atoms with van der Waals surface area (Å²) in [7, 11) is 1.72. The lowest BCUT2D eigenvalue weighted by molar-refractivity contribution is 0.423. The molecule has 0 N–H and O–H groups in total. The number of nitrogens with zero attached hydrogens (tertiary/aromatic N) is 1. The third-order valence-corrected chi connectivity index (χ3v) is 5.12. The molecule has 4 heteroatoms. The summed E-state index contributed by atoms with van der Waals surface area (Å²) < 4.78 is 6.77. The van der Waals surface area contributed by atoms with E-state index in [-0.39, 0.29) is 11.1 Å². The molecule has 0 radical (unpaired) electrons. The highest BCUT2D eigenvalue weighted by Gasteiger charge is 2.19. The number of hydrogen-bond acceptors (Lipinski definition) is 2. The molecular weight excluding hydrogens is 286 g/mol. The molecule has 114 valence electrons. The Labute approximate surface area is 129 Å². The summed E-state index contributed by atoms with van der Waals surface area (Å²) in [5, 5.41) is 0.00279. The van der Waals surface area contributed by atoms with Crippen LogP contribution in [-0.2, 0) is 7.05 Å². The number of halogens is 1. The first-order chi connectivity index (χ1) is 10.1. The molecule has 1 aliphatic rings. The zero-order valence-corrected chi connectivity index (χ0v) is 13.2. The molecule has 0 aliphatic heterocycles. The summed E-state index contributed by atoms with van der Waals surface area (Å²) in [6.45, 7) is 0. The molecule has 3 rings (SSSR count). The summed E-state index contributed by atoms with van der Waals surface area (Å²) in [5.41, 5.74) is 2.51. The Kier molecular flexibility index (Phi) is 4.39. The molecule has 1 unspecified atom stereocenters. The minimum atomic E-state index is -0.322. The predicted molar refractivity (Wildman–Crippen MR) is 85.9 cm³/mol. The molecule has 0 saturated heterocycles. The maximum atomic E-state index is 11.5. The van der Waals surface area contributed by atoms with Gasteiger partial charge >= 0.3 is 5.76 Å². The van der Waals surface area contributed by atoms with Crippen LogP contribution in [0.1, 0.15) is 55.9 Å². The topological polar surface area (TPSA) is 35.1 Å². The summed E-state index contributed by atoms with van der Waals surface area (Å²) in [6, 6.07) is 5.87. The third-order valence-electron chi connectivity index (χ3n) is 4.69. The van der Waals surface area contributed by atoms with Crippen LogP contribution in [0.25, 0.3) is 11.1 Å². The second-order valence-electron chi connectivity index (χ2n) is 6.21. The molecule has 2 aromatic rings. The first kappa shape index (κ1) is 14.7. The predicted octanol–water partition coefficient (Wildman–Crippen LogP) is 4.77. The van der Waals surface area contributed by atoms with Crippen molar-refractivity contribution in [2.24, 2.45) is 13.0 Å². The average molecular weight is 308 g/mol. The molecule has 1 aliphatic carbocycles. The molecule has 0 amide bonds. The fourth-order valence-corrected chi connectivity index (χ4v) is 3.76. The van der Waals surface area contributed by atoms with Gasteiger partial charge in [0.05, 0.1) is 10.9 Å². The SMILES string of the molecule is Cn1c(=O)oc2cc(C(Cl)CC3CCCCCC3)ccc21. The van der Waals surface area contributed by atoms with Crippen molar-refractivity contribution in [2.45, 2.75) is 50.3 Å². The first-order valence-corrected chi connectivity index (χ1v) is 8.32. The van der Waals surface area contributed by atoms with Gasteiger partial charge in [-0.25, -0.2) is 4.79 Å². The minimum Gasteiger partial charge on any atom is -0.408 e. The van der Waals surface area contributed by atoms with Crippen LogP contribution >= 0.6 is 11.6 Å². The fourth-order valence-electron chi connectivity index (χ4n) is 3.37. The van der Waals surface area contributed by atoms with E-state index in [0.717, 1.165) is 23.4 Å². The summed E-state index contributed by atoms with van der Waals surface area (Å²) >= 11 is 6.61. The van der Waals surface area contributed by atoms with Crippen molar-refractivity contribution in [3.8, 4) is 0 Å². The monoisotopic (exact) mass is 307 g/mol. The van der Waals surface area contributed by atoms with Gasteiger partial charge in [0.25, 0.3) is 0 Å². The van der Waals surface area contributed by atoms with E-state index in [2.05, 4.69) is 0 Å². The van der Waals surface area contributed by atoms with Crippen LogP contribution in [0.4, 0.5) is 0 Å².